The van der Waals surface area contributed by atoms with Crippen LogP contribution in [0.2, 0.25) is 0 Å². The molecule has 140 valence electrons. The van der Waals surface area contributed by atoms with E-state index < -0.39 is 27.4 Å². The number of furan rings is 1. The van der Waals surface area contributed by atoms with Crippen LogP contribution in [0.4, 0.5) is 14.5 Å². The molecule has 6 nitrogen and oxygen atoms in total. The molecule has 1 saturated heterocycles. The Balaban J connectivity index is 1.71. The lowest BCUT2D eigenvalue weighted by Crippen LogP contribution is -2.41. The molecule has 1 atom stereocenters. The lowest BCUT2D eigenvalue weighted by molar-refractivity contribution is -0.118. The zero-order valence-corrected chi connectivity index (χ0v) is 14.6. The Hall–Kier alpha value is -2.26. The number of sulfone groups is 1. The normalized spacial score (nSPS) is 19.0. The second-order valence-electron chi connectivity index (χ2n) is 6.25. The van der Waals surface area contributed by atoms with Crippen LogP contribution in [0.25, 0.3) is 0 Å². The van der Waals surface area contributed by atoms with Crippen molar-refractivity contribution in [2.24, 2.45) is 0 Å². The van der Waals surface area contributed by atoms with Crippen molar-refractivity contribution in [3.63, 3.8) is 0 Å². The topological polar surface area (TPSA) is 79.6 Å². The molecule has 1 fully saturated rings. The van der Waals surface area contributed by atoms with E-state index in [2.05, 4.69) is 5.32 Å². The molecule has 1 aliphatic rings. The number of nitrogens with one attached hydrogen (secondary N) is 1. The Morgan fingerprint density at radius 2 is 2.00 bits per heavy atom. The Morgan fingerprint density at radius 1 is 1.27 bits per heavy atom. The molecule has 26 heavy (non-hydrogen) atoms. The van der Waals surface area contributed by atoms with Crippen molar-refractivity contribution in [3.8, 4) is 0 Å². The van der Waals surface area contributed by atoms with Gasteiger partial charge in [-0.3, -0.25) is 9.69 Å². The number of nitrogens with zero attached hydrogens (tertiary/aromatic N) is 1. The number of hydrogen-bond acceptors (Lipinski definition) is 5. The van der Waals surface area contributed by atoms with Crippen LogP contribution in [-0.4, -0.2) is 43.3 Å². The van der Waals surface area contributed by atoms with Crippen LogP contribution in [0, 0.1) is 11.6 Å². The van der Waals surface area contributed by atoms with Gasteiger partial charge in [0.25, 0.3) is 0 Å². The van der Waals surface area contributed by atoms with Gasteiger partial charge >= 0.3 is 0 Å². The first-order valence-corrected chi connectivity index (χ1v) is 9.86. The fourth-order valence-corrected chi connectivity index (χ4v) is 4.75. The van der Waals surface area contributed by atoms with Crippen LogP contribution in [-0.2, 0) is 21.2 Å². The second kappa shape index (κ2) is 7.55. The molecule has 1 aromatic heterocycles. The molecule has 0 spiro atoms. The molecule has 3 rings (SSSR count). The highest BCUT2D eigenvalue weighted by Gasteiger charge is 2.33. The summed E-state index contributed by atoms with van der Waals surface area (Å²) in [7, 11) is -3.13. The molecule has 9 heteroatoms. The Kier molecular flexibility index (Phi) is 5.38. The molecule has 1 aromatic carbocycles. The van der Waals surface area contributed by atoms with Gasteiger partial charge < -0.3 is 9.73 Å². The maximum atomic E-state index is 13.2. The van der Waals surface area contributed by atoms with Gasteiger partial charge in [-0.15, -0.1) is 0 Å². The van der Waals surface area contributed by atoms with Gasteiger partial charge in [0.15, 0.2) is 9.84 Å². The van der Waals surface area contributed by atoms with E-state index >= 15 is 0 Å². The van der Waals surface area contributed by atoms with Crippen molar-refractivity contribution in [1.29, 1.82) is 0 Å². The Labute approximate surface area is 149 Å². The molecular formula is C17H18F2N2O4S. The maximum absolute atomic E-state index is 13.2. The molecule has 0 radical (unpaired) electrons. The Bertz CT molecular complexity index is 864. The summed E-state index contributed by atoms with van der Waals surface area (Å²) in [5.74, 6) is -1.45. The van der Waals surface area contributed by atoms with Crippen molar-refractivity contribution >= 4 is 21.4 Å². The van der Waals surface area contributed by atoms with E-state index in [-0.39, 0.29) is 36.3 Å². The quantitative estimate of drug-likeness (QED) is 0.826. The van der Waals surface area contributed by atoms with E-state index in [0.717, 1.165) is 12.1 Å². The van der Waals surface area contributed by atoms with Gasteiger partial charge in [0, 0.05) is 17.8 Å². The minimum Gasteiger partial charge on any atom is -0.468 e. The molecule has 2 heterocycles. The SMILES string of the molecule is O=C(CN(Cc1ccco1)[C@H]1CCS(=O)(=O)C1)Nc1cc(F)cc(F)c1. The minimum atomic E-state index is -3.13. The van der Waals surface area contributed by atoms with E-state index in [1.807, 2.05) is 0 Å². The fourth-order valence-electron chi connectivity index (χ4n) is 2.99. The molecule has 0 bridgehead atoms. The predicted octanol–water partition coefficient (Wildman–Crippen LogP) is 2.19. The molecule has 2 aromatic rings. The predicted molar refractivity (Wildman–Crippen MR) is 91.2 cm³/mol. The lowest BCUT2D eigenvalue weighted by Gasteiger charge is -2.26. The number of amides is 1. The number of anilines is 1. The number of benzene rings is 1. The second-order valence-corrected chi connectivity index (χ2v) is 8.48. The molecule has 1 N–H and O–H groups in total. The smallest absolute Gasteiger partial charge is 0.238 e. The van der Waals surface area contributed by atoms with E-state index in [4.69, 9.17) is 4.42 Å². The molecule has 0 unspecified atom stereocenters. The summed E-state index contributed by atoms with van der Waals surface area (Å²) < 4.78 is 55.3. The third-order valence-corrected chi connectivity index (χ3v) is 5.91. The van der Waals surface area contributed by atoms with Gasteiger partial charge in [0.2, 0.25) is 5.91 Å². The van der Waals surface area contributed by atoms with E-state index in [0.29, 0.717) is 18.2 Å². The van der Waals surface area contributed by atoms with Gasteiger partial charge in [-0.1, -0.05) is 0 Å². The van der Waals surface area contributed by atoms with Gasteiger partial charge in [-0.05, 0) is 30.7 Å². The standard InChI is InChI=1S/C17H18F2N2O4S/c18-12-6-13(19)8-14(7-12)20-17(22)10-21(9-16-2-1-4-25-16)15-3-5-26(23,24)11-15/h1-2,4,6-8,15H,3,5,9-11H2,(H,20,22)/t15-/m0/s1. The van der Waals surface area contributed by atoms with Crippen molar-refractivity contribution in [1.82, 2.24) is 4.90 Å². The monoisotopic (exact) mass is 384 g/mol. The van der Waals surface area contributed by atoms with Crippen LogP contribution < -0.4 is 5.32 Å². The summed E-state index contributed by atoms with van der Waals surface area (Å²) in [5.41, 5.74) is 0.00416. The highest BCUT2D eigenvalue weighted by Crippen LogP contribution is 2.20. The third-order valence-electron chi connectivity index (χ3n) is 4.16. The summed E-state index contributed by atoms with van der Waals surface area (Å²) >= 11 is 0. The van der Waals surface area contributed by atoms with Crippen LogP contribution in [0.5, 0.6) is 0 Å². The first-order valence-electron chi connectivity index (χ1n) is 8.03. The first-order chi connectivity index (χ1) is 12.3. The lowest BCUT2D eigenvalue weighted by atomic mass is 10.2. The van der Waals surface area contributed by atoms with Gasteiger partial charge in [-0.25, -0.2) is 17.2 Å². The summed E-state index contributed by atoms with van der Waals surface area (Å²) in [6.07, 6.45) is 1.92. The third kappa shape index (κ3) is 4.89. The van der Waals surface area contributed by atoms with E-state index in [9.17, 15) is 22.0 Å². The highest BCUT2D eigenvalue weighted by molar-refractivity contribution is 7.91. The number of carbonyl (C=O) groups excluding carboxylic acids is 1. The summed E-state index contributed by atoms with van der Waals surface area (Å²) in [5, 5.41) is 2.44. The molecule has 0 saturated carbocycles. The van der Waals surface area contributed by atoms with E-state index in [1.165, 1.54) is 6.26 Å². The number of carbonyl (C=O) groups is 1. The molecule has 0 aliphatic carbocycles. The van der Waals surface area contributed by atoms with Crippen molar-refractivity contribution in [2.75, 3.05) is 23.4 Å². The molecule has 1 amide bonds. The molecule has 1 aliphatic heterocycles. The summed E-state index contributed by atoms with van der Waals surface area (Å²) in [4.78, 5) is 14.0. The van der Waals surface area contributed by atoms with Crippen molar-refractivity contribution in [3.05, 3.63) is 54.0 Å². The van der Waals surface area contributed by atoms with Gasteiger partial charge in [-0.2, -0.15) is 0 Å². The Morgan fingerprint density at radius 3 is 2.58 bits per heavy atom. The maximum Gasteiger partial charge on any atom is 0.238 e. The van der Waals surface area contributed by atoms with Gasteiger partial charge in [0.05, 0.1) is 30.9 Å². The van der Waals surface area contributed by atoms with Crippen molar-refractivity contribution < 1.29 is 26.4 Å². The average molecular weight is 384 g/mol. The zero-order chi connectivity index (χ0) is 18.7. The minimum absolute atomic E-state index is 0.00416. The van der Waals surface area contributed by atoms with Gasteiger partial charge in [0.1, 0.15) is 17.4 Å². The van der Waals surface area contributed by atoms with Crippen LogP contribution in [0.15, 0.2) is 41.0 Å². The summed E-state index contributed by atoms with van der Waals surface area (Å²) in [6, 6.07) is 5.85. The highest BCUT2D eigenvalue weighted by atomic mass is 32.2. The average Bonchev–Trinajstić information content (AvgIpc) is 3.14. The first kappa shape index (κ1) is 18.5. The zero-order valence-electron chi connectivity index (χ0n) is 13.8. The number of rotatable bonds is 6. The summed E-state index contributed by atoms with van der Waals surface area (Å²) in [6.45, 7) is 0.136. The number of halogens is 2. The van der Waals surface area contributed by atoms with Crippen LogP contribution in [0.1, 0.15) is 12.2 Å². The van der Waals surface area contributed by atoms with E-state index in [1.54, 1.807) is 17.0 Å². The van der Waals surface area contributed by atoms with Crippen molar-refractivity contribution in [2.45, 2.75) is 19.0 Å². The fraction of sp³-hybridized carbons (Fsp3) is 0.353. The largest absolute Gasteiger partial charge is 0.468 e. The van der Waals surface area contributed by atoms with Crippen LogP contribution in [0.3, 0.4) is 0 Å². The van der Waals surface area contributed by atoms with Crippen LogP contribution >= 0.6 is 0 Å². The molecular weight excluding hydrogens is 366 g/mol. The number of hydrogen-bond donors (Lipinski definition) is 1.